The number of hydrogen-bond acceptors (Lipinski definition) is 6. The van der Waals surface area contributed by atoms with Gasteiger partial charge in [-0.3, -0.25) is 4.79 Å². The third-order valence-electron chi connectivity index (χ3n) is 5.41. The van der Waals surface area contributed by atoms with Crippen molar-refractivity contribution in [2.75, 3.05) is 27.9 Å². The summed E-state index contributed by atoms with van der Waals surface area (Å²) in [6, 6.07) is 15.0. The summed E-state index contributed by atoms with van der Waals surface area (Å²) in [7, 11) is 4.79. The Labute approximate surface area is 175 Å². The second kappa shape index (κ2) is 8.49. The standard InChI is InChI=1S/C23H24N2O5/c1-27-17-9-6-15(7-10-17)19-5-4-12-25(19)23(26)18-14-21(30-24-18)16-8-11-20(28-2)22(13-16)29-3/h6-11,13-14,19H,4-5,12H2,1-3H3/t19-/m0/s1. The van der Waals surface area contributed by atoms with E-state index in [4.69, 9.17) is 18.7 Å². The Morgan fingerprint density at radius 2 is 1.77 bits per heavy atom. The van der Waals surface area contributed by atoms with Gasteiger partial charge in [-0.1, -0.05) is 17.3 Å². The fraction of sp³-hybridized carbons (Fsp3) is 0.304. The van der Waals surface area contributed by atoms with Crippen molar-refractivity contribution in [2.45, 2.75) is 18.9 Å². The number of aromatic nitrogens is 1. The number of carbonyl (C=O) groups is 1. The Morgan fingerprint density at radius 1 is 1.00 bits per heavy atom. The molecule has 1 fully saturated rings. The van der Waals surface area contributed by atoms with Crippen LogP contribution in [0.2, 0.25) is 0 Å². The van der Waals surface area contributed by atoms with E-state index >= 15 is 0 Å². The lowest BCUT2D eigenvalue weighted by atomic mass is 10.0. The van der Waals surface area contributed by atoms with Gasteiger partial charge in [-0.25, -0.2) is 0 Å². The summed E-state index contributed by atoms with van der Waals surface area (Å²) in [5, 5.41) is 4.03. The average molecular weight is 408 g/mol. The van der Waals surface area contributed by atoms with E-state index in [9.17, 15) is 4.79 Å². The van der Waals surface area contributed by atoms with Crippen LogP contribution < -0.4 is 14.2 Å². The van der Waals surface area contributed by atoms with Crippen LogP contribution in [0, 0.1) is 0 Å². The molecule has 0 saturated carbocycles. The lowest BCUT2D eigenvalue weighted by Gasteiger charge is -2.24. The number of ether oxygens (including phenoxy) is 3. The first kappa shape index (κ1) is 19.8. The molecule has 156 valence electrons. The molecule has 0 spiro atoms. The van der Waals surface area contributed by atoms with E-state index in [2.05, 4.69) is 5.16 Å². The molecule has 2 aromatic carbocycles. The lowest BCUT2D eigenvalue weighted by Crippen LogP contribution is -2.30. The van der Waals surface area contributed by atoms with Crippen LogP contribution in [0.25, 0.3) is 11.3 Å². The van der Waals surface area contributed by atoms with Gasteiger partial charge in [0.2, 0.25) is 0 Å². The number of methoxy groups -OCH3 is 3. The van der Waals surface area contributed by atoms with Crippen molar-refractivity contribution < 1.29 is 23.5 Å². The summed E-state index contributed by atoms with van der Waals surface area (Å²) in [4.78, 5) is 15.0. The Bertz CT molecular complexity index is 1030. The SMILES string of the molecule is COc1ccc([C@@H]2CCCN2C(=O)c2cc(-c3ccc(OC)c(OC)c3)on2)cc1. The zero-order valence-electron chi connectivity index (χ0n) is 17.3. The summed E-state index contributed by atoms with van der Waals surface area (Å²) in [5.74, 6) is 2.36. The molecule has 3 aromatic rings. The zero-order valence-corrected chi connectivity index (χ0v) is 17.3. The van der Waals surface area contributed by atoms with Gasteiger partial charge in [0.05, 0.1) is 27.4 Å². The highest BCUT2D eigenvalue weighted by atomic mass is 16.5. The molecule has 1 amide bonds. The van der Waals surface area contributed by atoms with E-state index in [0.717, 1.165) is 29.7 Å². The first-order valence-electron chi connectivity index (χ1n) is 9.78. The van der Waals surface area contributed by atoms with E-state index in [1.54, 1.807) is 39.5 Å². The third-order valence-corrected chi connectivity index (χ3v) is 5.41. The lowest BCUT2D eigenvalue weighted by molar-refractivity contribution is 0.0725. The van der Waals surface area contributed by atoms with Gasteiger partial charge in [-0.05, 0) is 48.7 Å². The van der Waals surface area contributed by atoms with Crippen molar-refractivity contribution in [2.24, 2.45) is 0 Å². The van der Waals surface area contributed by atoms with Gasteiger partial charge in [0.1, 0.15) is 5.75 Å². The van der Waals surface area contributed by atoms with Crippen molar-refractivity contribution in [3.8, 4) is 28.6 Å². The second-order valence-corrected chi connectivity index (χ2v) is 7.08. The number of likely N-dealkylation sites (tertiary alicyclic amines) is 1. The molecule has 0 N–H and O–H groups in total. The van der Waals surface area contributed by atoms with Crippen LogP contribution in [0.3, 0.4) is 0 Å². The third kappa shape index (κ3) is 3.70. The molecule has 30 heavy (non-hydrogen) atoms. The molecule has 1 aromatic heterocycles. The second-order valence-electron chi connectivity index (χ2n) is 7.08. The first-order valence-corrected chi connectivity index (χ1v) is 9.78. The fourth-order valence-corrected chi connectivity index (χ4v) is 3.83. The predicted molar refractivity (Wildman–Crippen MR) is 111 cm³/mol. The van der Waals surface area contributed by atoms with E-state index in [1.807, 2.05) is 35.2 Å². The van der Waals surface area contributed by atoms with Crippen LogP contribution in [0.5, 0.6) is 17.2 Å². The maximum atomic E-state index is 13.2. The highest BCUT2D eigenvalue weighted by molar-refractivity contribution is 5.93. The molecule has 7 nitrogen and oxygen atoms in total. The van der Waals surface area contributed by atoms with Crippen LogP contribution in [0.4, 0.5) is 0 Å². The van der Waals surface area contributed by atoms with E-state index < -0.39 is 0 Å². The number of benzene rings is 2. The van der Waals surface area contributed by atoms with E-state index in [0.29, 0.717) is 29.5 Å². The van der Waals surface area contributed by atoms with Crippen LogP contribution >= 0.6 is 0 Å². The summed E-state index contributed by atoms with van der Waals surface area (Å²) in [6.07, 6.45) is 1.86. The van der Waals surface area contributed by atoms with Crippen LogP contribution in [-0.2, 0) is 0 Å². The Balaban J connectivity index is 1.56. The number of rotatable bonds is 6. The summed E-state index contributed by atoms with van der Waals surface area (Å²) >= 11 is 0. The fourth-order valence-electron chi connectivity index (χ4n) is 3.83. The molecule has 2 heterocycles. The van der Waals surface area contributed by atoms with Crippen LogP contribution in [0.1, 0.15) is 34.9 Å². The van der Waals surface area contributed by atoms with Gasteiger partial charge in [0.15, 0.2) is 23.0 Å². The molecule has 1 atom stereocenters. The minimum absolute atomic E-state index is 0.0182. The van der Waals surface area contributed by atoms with Crippen molar-refractivity contribution in [3.05, 3.63) is 59.8 Å². The van der Waals surface area contributed by atoms with E-state index in [1.165, 1.54) is 0 Å². The molecule has 0 bridgehead atoms. The molecule has 0 radical (unpaired) electrons. The Kier molecular flexibility index (Phi) is 5.61. The quantitative estimate of drug-likeness (QED) is 0.604. The minimum Gasteiger partial charge on any atom is -0.497 e. The number of carbonyl (C=O) groups excluding carboxylic acids is 1. The Hall–Kier alpha value is -3.48. The molecule has 0 aliphatic carbocycles. The van der Waals surface area contributed by atoms with Gasteiger partial charge >= 0.3 is 0 Å². The molecule has 7 heteroatoms. The first-order chi connectivity index (χ1) is 14.6. The van der Waals surface area contributed by atoms with Gasteiger partial charge in [-0.15, -0.1) is 0 Å². The van der Waals surface area contributed by atoms with Gasteiger partial charge in [0, 0.05) is 18.2 Å². The highest BCUT2D eigenvalue weighted by Crippen LogP contribution is 2.35. The molecule has 1 aliphatic heterocycles. The van der Waals surface area contributed by atoms with E-state index in [-0.39, 0.29) is 11.9 Å². The highest BCUT2D eigenvalue weighted by Gasteiger charge is 2.32. The number of hydrogen-bond donors (Lipinski definition) is 0. The van der Waals surface area contributed by atoms with Gasteiger partial charge in [-0.2, -0.15) is 0 Å². The summed E-state index contributed by atoms with van der Waals surface area (Å²) in [5.41, 5.74) is 2.14. The topological polar surface area (TPSA) is 74.0 Å². The molecule has 0 unspecified atom stereocenters. The van der Waals surface area contributed by atoms with Gasteiger partial charge < -0.3 is 23.6 Å². The van der Waals surface area contributed by atoms with Gasteiger partial charge in [0.25, 0.3) is 5.91 Å². The Morgan fingerprint density at radius 3 is 2.47 bits per heavy atom. The number of nitrogens with zero attached hydrogens (tertiary/aromatic N) is 2. The predicted octanol–water partition coefficient (Wildman–Crippen LogP) is 4.34. The largest absolute Gasteiger partial charge is 0.497 e. The maximum Gasteiger partial charge on any atom is 0.276 e. The molecule has 4 rings (SSSR count). The minimum atomic E-state index is -0.135. The average Bonchev–Trinajstić information content (AvgIpc) is 3.48. The van der Waals surface area contributed by atoms with Crippen molar-refractivity contribution in [1.29, 1.82) is 0 Å². The van der Waals surface area contributed by atoms with Crippen LogP contribution in [0.15, 0.2) is 53.1 Å². The zero-order chi connectivity index (χ0) is 21.1. The van der Waals surface area contributed by atoms with Crippen molar-refractivity contribution >= 4 is 5.91 Å². The normalized spacial score (nSPS) is 15.8. The summed E-state index contributed by atoms with van der Waals surface area (Å²) < 4.78 is 21.3. The monoisotopic (exact) mass is 408 g/mol. The molecular formula is C23H24N2O5. The van der Waals surface area contributed by atoms with Crippen LogP contribution in [-0.4, -0.2) is 43.8 Å². The number of amides is 1. The molecular weight excluding hydrogens is 384 g/mol. The smallest absolute Gasteiger partial charge is 0.276 e. The maximum absolute atomic E-state index is 13.2. The molecule has 1 aliphatic rings. The molecule has 1 saturated heterocycles. The summed E-state index contributed by atoms with van der Waals surface area (Å²) in [6.45, 7) is 0.689. The van der Waals surface area contributed by atoms with Crippen molar-refractivity contribution in [3.63, 3.8) is 0 Å². The van der Waals surface area contributed by atoms with Crippen molar-refractivity contribution in [1.82, 2.24) is 10.1 Å².